The molecule has 0 N–H and O–H groups in total. The van der Waals surface area contributed by atoms with E-state index in [0.717, 1.165) is 112 Å². The molecule has 0 bridgehead atoms. The third-order valence-corrected chi connectivity index (χ3v) is 27.2. The smallest absolute Gasteiger partial charge is 0.160 e. The molecule has 0 amide bonds. The quantitative estimate of drug-likeness (QED) is 0.128. The normalized spacial score (nSPS) is 12.9. The number of nitrogens with zero attached hydrogens (tertiary/aromatic N) is 2. The molecule has 4 nitrogen and oxygen atoms in total. The van der Waals surface area contributed by atoms with Crippen molar-refractivity contribution in [3.63, 3.8) is 0 Å². The van der Waals surface area contributed by atoms with Crippen molar-refractivity contribution in [3.05, 3.63) is 457 Å². The van der Waals surface area contributed by atoms with Crippen molar-refractivity contribution in [1.82, 2.24) is 0 Å². The van der Waals surface area contributed by atoms with Gasteiger partial charge < -0.3 is 18.6 Å². The highest BCUT2D eigenvalue weighted by Crippen LogP contribution is 2.69. The van der Waals surface area contributed by atoms with Gasteiger partial charge in [-0.3, -0.25) is 0 Å². The minimum atomic E-state index is -0.857. The standard InChI is InChI=1S/C89H66N2O2.C33H22/c1-87(2,3)63-39-47-67(48-40-63)90(65-43-35-57(36-44-65)61-33-31-55-19-7-9-21-59(55)51-61)77-53-76-84(86-81(77)71-25-13-17-29-79(71)93-86)83-75(89(76)73-27-15-11-23-69(73)70-24-12-16-28-74(70)89)54-78(85-82(83)72-26-14-18-30-80(72)92-85)91(68-49-41-64(42-50-68)88(4,5)6)66-45-37-58(38-46-66)62-34-32-56-20-8-10-22-60(56)52-62;1-2-11-22(12-3-1)31-26-16-6-8-18-28(26)33(29-19-9-7-17-27(29)31)30-20-10-14-24-21-23-13-4-5-15-25(23)32(24)30/h7-54H,1-6H3;1-20H,21H2. The number of hydrogen-bond donors (Lipinski definition) is 0. The minimum Gasteiger partial charge on any atom is -0.455 e. The average molecular weight is 1610 g/mol. The molecular weight excluding hydrogens is 1530 g/mol. The summed E-state index contributed by atoms with van der Waals surface area (Å²) in [6.07, 6.45) is 1.01. The summed E-state index contributed by atoms with van der Waals surface area (Å²) in [5.74, 6) is 0. The van der Waals surface area contributed by atoms with Gasteiger partial charge in [0.25, 0.3) is 0 Å². The van der Waals surface area contributed by atoms with Crippen LogP contribution < -0.4 is 9.80 Å². The Hall–Kier alpha value is -15.4. The van der Waals surface area contributed by atoms with E-state index in [1.165, 1.54) is 138 Å². The number of para-hydroxylation sites is 2. The maximum atomic E-state index is 7.67. The van der Waals surface area contributed by atoms with Crippen molar-refractivity contribution in [2.24, 2.45) is 0 Å². The Morgan fingerprint density at radius 3 is 1.16 bits per heavy atom. The fourth-order valence-electron chi connectivity index (χ4n) is 21.3. The van der Waals surface area contributed by atoms with Crippen LogP contribution in [0, 0.1) is 0 Å². The molecule has 0 atom stereocenters. The Kier molecular flexibility index (Phi) is 17.1. The predicted octanol–water partition coefficient (Wildman–Crippen LogP) is 33.9. The van der Waals surface area contributed by atoms with Crippen LogP contribution in [-0.4, -0.2) is 0 Å². The van der Waals surface area contributed by atoms with Gasteiger partial charge in [-0.15, -0.1) is 0 Å². The maximum absolute atomic E-state index is 7.67. The van der Waals surface area contributed by atoms with E-state index in [1.807, 2.05) is 0 Å². The number of benzene rings is 20. The molecule has 0 aliphatic heterocycles. The van der Waals surface area contributed by atoms with Gasteiger partial charge in [-0.05, 0) is 257 Å². The lowest BCUT2D eigenvalue weighted by atomic mass is 9.70. The zero-order valence-electron chi connectivity index (χ0n) is 71.2. The SMILES string of the molecule is CC(C)(C)c1ccc(N(c2ccc(-c3ccc4ccccc4c3)cc2)c2cc3c(c4c2oc2ccccc24)-c2c(cc(N(c4ccc(-c5ccc6ccccc6c5)cc4)c4ccc(C(C)(C)C)cc4)c4c2oc2ccccc24)C32c3ccccc3-c3ccccc32)cc1.c1ccc(-c2c3ccccc3c(-c3cccc4c3-c3ccccc3C4)c3ccccc23)cc1. The lowest BCUT2D eigenvalue weighted by molar-refractivity contribution is 0.590. The molecule has 0 fully saturated rings. The Morgan fingerprint density at radius 1 is 0.238 bits per heavy atom. The first-order chi connectivity index (χ1) is 61.8. The van der Waals surface area contributed by atoms with Crippen molar-refractivity contribution in [1.29, 1.82) is 0 Å². The molecule has 126 heavy (non-hydrogen) atoms. The Balaban J connectivity index is 0.000000224. The summed E-state index contributed by atoms with van der Waals surface area (Å²) < 4.78 is 15.2. The molecule has 25 rings (SSSR count). The van der Waals surface area contributed by atoms with E-state index in [9.17, 15) is 0 Å². The van der Waals surface area contributed by atoms with Gasteiger partial charge in [0.2, 0.25) is 0 Å². The number of anilines is 6. The Morgan fingerprint density at radius 2 is 0.627 bits per heavy atom. The number of fused-ring (bicyclic) bond motifs is 25. The fourth-order valence-corrected chi connectivity index (χ4v) is 21.3. The van der Waals surface area contributed by atoms with Crippen molar-refractivity contribution in [2.45, 2.75) is 64.2 Å². The molecule has 3 aliphatic rings. The van der Waals surface area contributed by atoms with Crippen LogP contribution in [0.1, 0.15) is 86.1 Å². The lowest BCUT2D eigenvalue weighted by Crippen LogP contribution is -2.26. The first-order valence-corrected chi connectivity index (χ1v) is 44.1. The van der Waals surface area contributed by atoms with Crippen LogP contribution in [0.15, 0.2) is 421 Å². The summed E-state index contributed by atoms with van der Waals surface area (Å²) in [5.41, 5.74) is 35.9. The zero-order chi connectivity index (χ0) is 84.3. The van der Waals surface area contributed by atoms with Crippen LogP contribution in [0.2, 0.25) is 0 Å². The minimum absolute atomic E-state index is 0.0535. The number of hydrogen-bond acceptors (Lipinski definition) is 4. The van der Waals surface area contributed by atoms with Crippen LogP contribution >= 0.6 is 0 Å². The van der Waals surface area contributed by atoms with Crippen LogP contribution in [-0.2, 0) is 22.7 Å². The highest BCUT2D eigenvalue weighted by Gasteiger charge is 2.55. The van der Waals surface area contributed by atoms with Crippen molar-refractivity contribution < 1.29 is 8.83 Å². The summed E-state index contributed by atoms with van der Waals surface area (Å²) in [4.78, 5) is 4.93. The summed E-state index contributed by atoms with van der Waals surface area (Å²) in [6.45, 7) is 13.7. The summed E-state index contributed by atoms with van der Waals surface area (Å²) in [6, 6.07) is 152. The van der Waals surface area contributed by atoms with E-state index in [1.54, 1.807) is 0 Å². The van der Waals surface area contributed by atoms with Gasteiger partial charge in [0.05, 0.1) is 22.2 Å². The van der Waals surface area contributed by atoms with Crippen LogP contribution in [0.3, 0.4) is 0 Å². The summed E-state index contributed by atoms with van der Waals surface area (Å²) in [5, 5.41) is 14.3. The second-order valence-electron chi connectivity index (χ2n) is 36.4. The van der Waals surface area contributed by atoms with E-state index in [4.69, 9.17) is 8.83 Å². The molecule has 598 valence electrons. The summed E-state index contributed by atoms with van der Waals surface area (Å²) >= 11 is 0. The van der Waals surface area contributed by atoms with Crippen LogP contribution in [0.25, 0.3) is 165 Å². The largest absolute Gasteiger partial charge is 0.455 e. The van der Waals surface area contributed by atoms with Crippen LogP contribution in [0.4, 0.5) is 34.1 Å². The summed E-state index contributed by atoms with van der Waals surface area (Å²) in [7, 11) is 0. The number of rotatable bonds is 10. The van der Waals surface area contributed by atoms with E-state index < -0.39 is 5.41 Å². The molecule has 0 saturated carbocycles. The molecule has 0 radical (unpaired) electrons. The fraction of sp³-hybridized carbons (Fsp3) is 0.0820. The molecule has 0 unspecified atom stereocenters. The van der Waals surface area contributed by atoms with Gasteiger partial charge in [-0.2, -0.15) is 0 Å². The van der Waals surface area contributed by atoms with E-state index in [0.29, 0.717) is 0 Å². The highest BCUT2D eigenvalue weighted by atomic mass is 16.3. The molecule has 0 saturated heterocycles. The molecule has 20 aromatic carbocycles. The number of furan rings is 2. The second-order valence-corrected chi connectivity index (χ2v) is 36.4. The van der Waals surface area contributed by atoms with Gasteiger partial charge in [-0.25, -0.2) is 0 Å². The van der Waals surface area contributed by atoms with E-state index >= 15 is 0 Å². The molecule has 2 heterocycles. The molecule has 1 spiro atoms. The third-order valence-electron chi connectivity index (χ3n) is 27.2. The second kappa shape index (κ2) is 28.9. The first-order valence-electron chi connectivity index (χ1n) is 44.1. The van der Waals surface area contributed by atoms with Gasteiger partial charge in [0.15, 0.2) is 5.58 Å². The van der Waals surface area contributed by atoms with Gasteiger partial charge in [0, 0.05) is 50.0 Å². The van der Waals surface area contributed by atoms with Gasteiger partial charge in [-0.1, -0.05) is 369 Å². The topological polar surface area (TPSA) is 32.8 Å². The maximum Gasteiger partial charge on any atom is 0.160 e. The van der Waals surface area contributed by atoms with Crippen LogP contribution in [0.5, 0.6) is 0 Å². The predicted molar refractivity (Wildman–Crippen MR) is 531 cm³/mol. The third kappa shape index (κ3) is 11.7. The molecule has 2 aromatic heterocycles. The van der Waals surface area contributed by atoms with Crippen molar-refractivity contribution >= 4 is 121 Å². The first kappa shape index (κ1) is 74.5. The zero-order valence-corrected chi connectivity index (χ0v) is 71.2. The monoisotopic (exact) mass is 1610 g/mol. The van der Waals surface area contributed by atoms with Crippen molar-refractivity contribution in [3.8, 4) is 77.9 Å². The van der Waals surface area contributed by atoms with E-state index in [2.05, 4.69) is 464 Å². The van der Waals surface area contributed by atoms with Gasteiger partial charge in [0.1, 0.15) is 16.7 Å². The Labute approximate surface area is 733 Å². The van der Waals surface area contributed by atoms with Gasteiger partial charge >= 0.3 is 0 Å². The average Bonchev–Trinajstić information content (AvgIpc) is 1.48. The molecule has 3 aliphatic carbocycles. The highest BCUT2D eigenvalue weighted by molar-refractivity contribution is 6.27. The van der Waals surface area contributed by atoms with E-state index in [-0.39, 0.29) is 10.8 Å². The molecular formula is C122H88N2O2. The molecule has 4 heteroatoms. The molecule has 22 aromatic rings. The van der Waals surface area contributed by atoms with Crippen molar-refractivity contribution in [2.75, 3.05) is 9.80 Å². The Bertz CT molecular complexity index is 8070. The lowest BCUT2D eigenvalue weighted by Gasteiger charge is -2.33.